The molecule has 96 valence electrons. The molecule has 0 aliphatic heterocycles. The van der Waals surface area contributed by atoms with Crippen molar-refractivity contribution in [3.63, 3.8) is 0 Å². The van der Waals surface area contributed by atoms with Crippen molar-refractivity contribution in [2.24, 2.45) is 0 Å². The summed E-state index contributed by atoms with van der Waals surface area (Å²) in [7, 11) is 0. The van der Waals surface area contributed by atoms with Gasteiger partial charge in [0.25, 0.3) is 0 Å². The Morgan fingerprint density at radius 2 is 1.84 bits per heavy atom. The van der Waals surface area contributed by atoms with Crippen molar-refractivity contribution in [1.82, 2.24) is 0 Å². The quantitative estimate of drug-likeness (QED) is 0.502. The summed E-state index contributed by atoms with van der Waals surface area (Å²) >= 11 is 3.50. The average molecular weight is 286 g/mol. The van der Waals surface area contributed by atoms with Gasteiger partial charge in [0.05, 0.1) is 0 Å². The monoisotopic (exact) mass is 286 g/mol. The molecule has 0 atom stereocenters. The predicted molar refractivity (Wildman–Crippen MR) is 86.6 cm³/mol. The molecule has 1 aromatic heterocycles. The van der Waals surface area contributed by atoms with Crippen LogP contribution in [0.3, 0.4) is 0 Å². The van der Waals surface area contributed by atoms with E-state index in [2.05, 4.69) is 19.1 Å². The van der Waals surface area contributed by atoms with E-state index < -0.39 is 0 Å². The minimum absolute atomic E-state index is 0.156. The zero-order valence-corrected chi connectivity index (χ0v) is 12.3. The van der Waals surface area contributed by atoms with Gasteiger partial charge >= 0.3 is 0 Å². The summed E-state index contributed by atoms with van der Waals surface area (Å²) in [5.74, 6) is 1.09. The molecule has 0 amide bonds. The summed E-state index contributed by atoms with van der Waals surface area (Å²) in [6.45, 7) is 2.17. The first-order chi connectivity index (χ1) is 9.29. The highest BCUT2D eigenvalue weighted by molar-refractivity contribution is 7.99. The smallest absolute Gasteiger partial charge is 0.195 e. The van der Waals surface area contributed by atoms with Crippen LogP contribution in [0.1, 0.15) is 13.3 Å². The van der Waals surface area contributed by atoms with Gasteiger partial charge in [-0.25, -0.2) is 0 Å². The van der Waals surface area contributed by atoms with E-state index in [1.807, 2.05) is 42.1 Å². The molecule has 0 aliphatic carbocycles. The minimum atomic E-state index is 0.156. The van der Waals surface area contributed by atoms with E-state index >= 15 is 0 Å². The third kappa shape index (κ3) is 2.40. The van der Waals surface area contributed by atoms with E-state index in [0.717, 1.165) is 32.3 Å². The highest BCUT2D eigenvalue weighted by atomic mass is 32.2. The Morgan fingerprint density at radius 1 is 1.05 bits per heavy atom. The Morgan fingerprint density at radius 3 is 2.68 bits per heavy atom. The molecule has 1 nitrogen and oxygen atoms in total. The van der Waals surface area contributed by atoms with Crippen molar-refractivity contribution < 1.29 is 0 Å². The summed E-state index contributed by atoms with van der Waals surface area (Å²) in [6, 6.07) is 14.1. The van der Waals surface area contributed by atoms with Gasteiger partial charge in [0, 0.05) is 25.1 Å². The second kappa shape index (κ2) is 5.35. The lowest BCUT2D eigenvalue weighted by Gasteiger charge is -2.03. The molecule has 1 heterocycles. The van der Waals surface area contributed by atoms with Crippen LogP contribution in [-0.2, 0) is 0 Å². The van der Waals surface area contributed by atoms with E-state index in [4.69, 9.17) is 0 Å². The lowest BCUT2D eigenvalue weighted by Crippen LogP contribution is -2.00. The normalized spacial score (nSPS) is 11.2. The molecule has 0 N–H and O–H groups in total. The van der Waals surface area contributed by atoms with Crippen molar-refractivity contribution in [2.45, 2.75) is 18.2 Å². The van der Waals surface area contributed by atoms with Crippen molar-refractivity contribution >= 4 is 43.3 Å². The van der Waals surface area contributed by atoms with Crippen LogP contribution >= 0.6 is 23.1 Å². The first-order valence-corrected chi connectivity index (χ1v) is 8.18. The standard InChI is InChI=1S/C16H14OS2/c1-2-9-18-11-7-8-15-13(10-11)16(17)12-5-3-4-6-14(12)19-15/h3-8,10H,2,9H2,1H3. The largest absolute Gasteiger partial charge is 0.289 e. The summed E-state index contributed by atoms with van der Waals surface area (Å²) in [5.41, 5.74) is 0.156. The number of hydrogen-bond donors (Lipinski definition) is 0. The highest BCUT2D eigenvalue weighted by Gasteiger charge is 2.06. The Balaban J connectivity index is 2.24. The number of thioether (sulfide) groups is 1. The highest BCUT2D eigenvalue weighted by Crippen LogP contribution is 2.28. The third-order valence-corrected chi connectivity index (χ3v) is 5.37. The summed E-state index contributed by atoms with van der Waals surface area (Å²) in [6.07, 6.45) is 1.15. The zero-order valence-electron chi connectivity index (χ0n) is 10.7. The molecule has 2 aromatic carbocycles. The van der Waals surface area contributed by atoms with Crippen LogP contribution in [-0.4, -0.2) is 5.75 Å². The Hall–Kier alpha value is -1.32. The van der Waals surface area contributed by atoms with Gasteiger partial charge in [-0.2, -0.15) is 0 Å². The van der Waals surface area contributed by atoms with Crippen LogP contribution in [0, 0.1) is 0 Å². The van der Waals surface area contributed by atoms with Crippen molar-refractivity contribution in [3.8, 4) is 0 Å². The van der Waals surface area contributed by atoms with E-state index in [1.54, 1.807) is 11.3 Å². The maximum atomic E-state index is 12.5. The topological polar surface area (TPSA) is 17.1 Å². The minimum Gasteiger partial charge on any atom is -0.289 e. The molecule has 0 fully saturated rings. The van der Waals surface area contributed by atoms with Gasteiger partial charge in [-0.3, -0.25) is 4.79 Å². The average Bonchev–Trinajstić information content (AvgIpc) is 2.46. The van der Waals surface area contributed by atoms with Crippen molar-refractivity contribution in [2.75, 3.05) is 5.75 Å². The lowest BCUT2D eigenvalue weighted by atomic mass is 10.2. The van der Waals surface area contributed by atoms with Gasteiger partial charge in [0.1, 0.15) is 0 Å². The first-order valence-electron chi connectivity index (χ1n) is 6.38. The Kier molecular flexibility index (Phi) is 3.58. The second-order valence-corrected chi connectivity index (χ2v) is 6.69. The van der Waals surface area contributed by atoms with E-state index in [9.17, 15) is 4.79 Å². The molecule has 0 saturated carbocycles. The van der Waals surface area contributed by atoms with Crippen LogP contribution in [0.15, 0.2) is 52.2 Å². The van der Waals surface area contributed by atoms with Gasteiger partial charge in [-0.1, -0.05) is 19.1 Å². The van der Waals surface area contributed by atoms with Crippen LogP contribution < -0.4 is 5.43 Å². The molecule has 3 rings (SSSR count). The Bertz CT molecular complexity index is 789. The van der Waals surface area contributed by atoms with Crippen LogP contribution in [0.25, 0.3) is 20.2 Å². The number of benzene rings is 2. The molecule has 3 aromatic rings. The maximum absolute atomic E-state index is 12.5. The fourth-order valence-electron chi connectivity index (χ4n) is 2.09. The van der Waals surface area contributed by atoms with Gasteiger partial charge < -0.3 is 0 Å². The molecular formula is C16H14OS2. The van der Waals surface area contributed by atoms with Gasteiger partial charge in [0.15, 0.2) is 5.43 Å². The van der Waals surface area contributed by atoms with Crippen LogP contribution in [0.4, 0.5) is 0 Å². The third-order valence-electron chi connectivity index (χ3n) is 3.02. The molecule has 3 heteroatoms. The summed E-state index contributed by atoms with van der Waals surface area (Å²) < 4.78 is 2.14. The van der Waals surface area contributed by atoms with Crippen LogP contribution in [0.2, 0.25) is 0 Å². The summed E-state index contributed by atoms with van der Waals surface area (Å²) in [5, 5.41) is 1.68. The maximum Gasteiger partial charge on any atom is 0.195 e. The summed E-state index contributed by atoms with van der Waals surface area (Å²) in [4.78, 5) is 13.7. The number of rotatable bonds is 3. The predicted octanol–water partition coefficient (Wildman–Crippen LogP) is 4.92. The van der Waals surface area contributed by atoms with E-state index in [0.29, 0.717) is 0 Å². The van der Waals surface area contributed by atoms with E-state index in [-0.39, 0.29) is 5.43 Å². The second-order valence-electron chi connectivity index (χ2n) is 4.43. The lowest BCUT2D eigenvalue weighted by molar-refractivity contribution is 1.10. The first kappa shape index (κ1) is 12.7. The molecule has 19 heavy (non-hydrogen) atoms. The van der Waals surface area contributed by atoms with Gasteiger partial charge in [0.2, 0.25) is 0 Å². The van der Waals surface area contributed by atoms with Crippen molar-refractivity contribution in [3.05, 3.63) is 52.7 Å². The number of fused-ring (bicyclic) bond motifs is 2. The van der Waals surface area contributed by atoms with Crippen molar-refractivity contribution in [1.29, 1.82) is 0 Å². The number of hydrogen-bond acceptors (Lipinski definition) is 3. The molecule has 0 aliphatic rings. The van der Waals surface area contributed by atoms with Gasteiger partial charge in [-0.15, -0.1) is 23.1 Å². The molecule has 0 spiro atoms. The Labute approximate surface area is 120 Å². The van der Waals surface area contributed by atoms with E-state index in [1.165, 1.54) is 4.90 Å². The zero-order chi connectivity index (χ0) is 13.2. The fourth-order valence-corrected chi connectivity index (χ4v) is 3.95. The molecule has 0 bridgehead atoms. The molecule has 0 saturated heterocycles. The van der Waals surface area contributed by atoms with Crippen LogP contribution in [0.5, 0.6) is 0 Å². The molecule has 0 radical (unpaired) electrons. The molecular weight excluding hydrogens is 272 g/mol. The molecule has 0 unspecified atom stereocenters. The van der Waals surface area contributed by atoms with Gasteiger partial charge in [-0.05, 0) is 42.5 Å². The fraction of sp³-hybridized carbons (Fsp3) is 0.188. The SMILES string of the molecule is CCCSc1ccc2sc3ccccc3c(=O)c2c1.